The lowest BCUT2D eigenvalue weighted by molar-refractivity contribution is 0.0717. The molecule has 0 bridgehead atoms. The van der Waals surface area contributed by atoms with Crippen molar-refractivity contribution < 1.29 is 4.39 Å². The molecule has 1 nitrogen and oxygen atoms in total. The Morgan fingerprint density at radius 1 is 1.27 bits per heavy atom. The first-order chi connectivity index (χ1) is 5.21. The number of hydrogen-bond donors (Lipinski definition) is 1. The summed E-state index contributed by atoms with van der Waals surface area (Å²) in [6, 6.07) is 0.134. The molecule has 0 aliphatic heterocycles. The topological polar surface area (TPSA) is 26.0 Å². The van der Waals surface area contributed by atoms with E-state index in [1.807, 2.05) is 0 Å². The molecule has 0 amide bonds. The minimum absolute atomic E-state index is 0.134. The second kappa shape index (κ2) is 2.44. The van der Waals surface area contributed by atoms with Gasteiger partial charge in [-0.15, -0.1) is 0 Å². The Morgan fingerprint density at radius 3 is 2.55 bits per heavy atom. The molecule has 0 radical (unpaired) electrons. The van der Waals surface area contributed by atoms with E-state index in [2.05, 4.69) is 0 Å². The van der Waals surface area contributed by atoms with Crippen molar-refractivity contribution in [1.82, 2.24) is 0 Å². The number of rotatable bonds is 1. The third-order valence-electron chi connectivity index (χ3n) is 3.08. The van der Waals surface area contributed by atoms with Crippen LogP contribution in [0.4, 0.5) is 4.39 Å². The normalized spacial score (nSPS) is 45.8. The lowest BCUT2D eigenvalue weighted by Gasteiger charge is -2.33. The van der Waals surface area contributed by atoms with Crippen LogP contribution in [0, 0.1) is 5.92 Å². The van der Waals surface area contributed by atoms with Crippen LogP contribution >= 0.6 is 0 Å². The van der Waals surface area contributed by atoms with Gasteiger partial charge in [0.2, 0.25) is 0 Å². The van der Waals surface area contributed by atoms with E-state index < -0.39 is 5.67 Å². The lowest BCUT2D eigenvalue weighted by Crippen LogP contribution is -2.39. The van der Waals surface area contributed by atoms with Gasteiger partial charge in [0.05, 0.1) is 0 Å². The molecule has 64 valence electrons. The molecule has 0 saturated heterocycles. The molecule has 2 aliphatic carbocycles. The minimum atomic E-state index is -0.863. The van der Waals surface area contributed by atoms with E-state index in [0.717, 1.165) is 32.1 Å². The van der Waals surface area contributed by atoms with Gasteiger partial charge in [-0.2, -0.15) is 0 Å². The summed E-state index contributed by atoms with van der Waals surface area (Å²) in [4.78, 5) is 0. The van der Waals surface area contributed by atoms with Crippen LogP contribution < -0.4 is 5.73 Å². The molecule has 2 unspecified atom stereocenters. The largest absolute Gasteiger partial charge is 0.328 e. The highest BCUT2D eigenvalue weighted by molar-refractivity contribution is 4.99. The van der Waals surface area contributed by atoms with Gasteiger partial charge in [-0.25, -0.2) is 4.39 Å². The van der Waals surface area contributed by atoms with Gasteiger partial charge in [0.25, 0.3) is 0 Å². The predicted octanol–water partition coefficient (Wildman–Crippen LogP) is 2.01. The fourth-order valence-corrected chi connectivity index (χ4v) is 2.27. The molecule has 0 spiro atoms. The molecule has 2 fully saturated rings. The van der Waals surface area contributed by atoms with E-state index in [1.54, 1.807) is 0 Å². The van der Waals surface area contributed by atoms with Gasteiger partial charge in [0.1, 0.15) is 5.67 Å². The maximum Gasteiger partial charge on any atom is 0.115 e. The van der Waals surface area contributed by atoms with Crippen molar-refractivity contribution in [2.45, 2.75) is 50.2 Å². The molecule has 0 heterocycles. The third-order valence-corrected chi connectivity index (χ3v) is 3.08. The smallest absolute Gasteiger partial charge is 0.115 e. The minimum Gasteiger partial charge on any atom is -0.328 e. The highest BCUT2D eigenvalue weighted by Gasteiger charge is 2.47. The maximum atomic E-state index is 13.9. The summed E-state index contributed by atoms with van der Waals surface area (Å²) < 4.78 is 13.9. The van der Waals surface area contributed by atoms with E-state index in [1.165, 1.54) is 0 Å². The number of alkyl halides is 1. The summed E-state index contributed by atoms with van der Waals surface area (Å²) in [5, 5.41) is 0. The standard InChI is InChI=1S/C9H16FN/c10-9(7-3-4-7)5-1-2-8(11)6-9/h7-8H,1-6,11H2. The monoisotopic (exact) mass is 157 g/mol. The molecule has 2 rings (SSSR count). The molecule has 0 aromatic carbocycles. The zero-order valence-electron chi connectivity index (χ0n) is 6.85. The first-order valence-corrected chi connectivity index (χ1v) is 4.65. The van der Waals surface area contributed by atoms with Crippen molar-refractivity contribution >= 4 is 0 Å². The Labute approximate surface area is 67.2 Å². The van der Waals surface area contributed by atoms with Crippen LogP contribution in [0.3, 0.4) is 0 Å². The molecule has 2 aliphatic rings. The van der Waals surface area contributed by atoms with E-state index in [0.29, 0.717) is 12.3 Å². The summed E-state index contributed by atoms with van der Waals surface area (Å²) in [5.41, 5.74) is 4.87. The first kappa shape index (κ1) is 7.53. The van der Waals surface area contributed by atoms with Crippen molar-refractivity contribution in [2.75, 3.05) is 0 Å². The Balaban J connectivity index is 1.99. The Morgan fingerprint density at radius 2 is 2.00 bits per heavy atom. The predicted molar refractivity (Wildman–Crippen MR) is 43.0 cm³/mol. The lowest BCUT2D eigenvalue weighted by atomic mass is 9.80. The van der Waals surface area contributed by atoms with E-state index in [9.17, 15) is 4.39 Å². The number of nitrogens with two attached hydrogens (primary N) is 1. The maximum absolute atomic E-state index is 13.9. The molecule has 0 aromatic rings. The van der Waals surface area contributed by atoms with E-state index in [4.69, 9.17) is 5.73 Å². The molecular weight excluding hydrogens is 141 g/mol. The summed E-state index contributed by atoms with van der Waals surface area (Å²) >= 11 is 0. The van der Waals surface area contributed by atoms with Crippen LogP contribution in [0.1, 0.15) is 38.5 Å². The summed E-state index contributed by atoms with van der Waals surface area (Å²) in [6.07, 6.45) is 5.61. The van der Waals surface area contributed by atoms with Gasteiger partial charge >= 0.3 is 0 Å². The zero-order valence-corrected chi connectivity index (χ0v) is 6.85. The highest BCUT2D eigenvalue weighted by Crippen LogP contribution is 2.49. The Bertz CT molecular complexity index is 156. The molecule has 0 aromatic heterocycles. The van der Waals surface area contributed by atoms with Crippen molar-refractivity contribution in [3.05, 3.63) is 0 Å². The van der Waals surface area contributed by atoms with Crippen LogP contribution in [-0.4, -0.2) is 11.7 Å². The van der Waals surface area contributed by atoms with Crippen LogP contribution in [0.25, 0.3) is 0 Å². The molecular formula is C9H16FN. The van der Waals surface area contributed by atoms with Crippen molar-refractivity contribution in [3.8, 4) is 0 Å². The van der Waals surface area contributed by atoms with Gasteiger partial charge in [-0.05, 0) is 44.4 Å². The van der Waals surface area contributed by atoms with Gasteiger partial charge in [0, 0.05) is 6.04 Å². The molecule has 11 heavy (non-hydrogen) atoms. The zero-order chi connectivity index (χ0) is 7.90. The first-order valence-electron chi connectivity index (χ1n) is 4.65. The van der Waals surface area contributed by atoms with E-state index >= 15 is 0 Å². The number of hydrogen-bond acceptors (Lipinski definition) is 1. The quantitative estimate of drug-likeness (QED) is 0.619. The van der Waals surface area contributed by atoms with Gasteiger partial charge in [0.15, 0.2) is 0 Å². The highest BCUT2D eigenvalue weighted by atomic mass is 19.1. The van der Waals surface area contributed by atoms with Crippen molar-refractivity contribution in [3.63, 3.8) is 0 Å². The Hall–Kier alpha value is -0.110. The second-order valence-corrected chi connectivity index (χ2v) is 4.17. The van der Waals surface area contributed by atoms with Gasteiger partial charge in [-0.3, -0.25) is 0 Å². The molecule has 2 N–H and O–H groups in total. The van der Waals surface area contributed by atoms with E-state index in [-0.39, 0.29) is 6.04 Å². The number of halogens is 1. The Kier molecular flexibility index (Phi) is 1.67. The van der Waals surface area contributed by atoms with Crippen molar-refractivity contribution in [2.24, 2.45) is 11.7 Å². The van der Waals surface area contributed by atoms with Gasteiger partial charge in [-0.1, -0.05) is 0 Å². The van der Waals surface area contributed by atoms with Crippen LogP contribution in [0.2, 0.25) is 0 Å². The van der Waals surface area contributed by atoms with Crippen LogP contribution in [-0.2, 0) is 0 Å². The van der Waals surface area contributed by atoms with Crippen LogP contribution in [0.15, 0.2) is 0 Å². The molecule has 2 atom stereocenters. The molecule has 2 saturated carbocycles. The van der Waals surface area contributed by atoms with Crippen molar-refractivity contribution in [1.29, 1.82) is 0 Å². The third kappa shape index (κ3) is 1.41. The summed E-state index contributed by atoms with van der Waals surface area (Å²) in [7, 11) is 0. The average molecular weight is 157 g/mol. The SMILES string of the molecule is NC1CCCC(F)(C2CC2)C1. The fraction of sp³-hybridized carbons (Fsp3) is 1.00. The summed E-state index contributed by atoms with van der Waals surface area (Å²) in [6.45, 7) is 0. The average Bonchev–Trinajstić information content (AvgIpc) is 2.66. The summed E-state index contributed by atoms with van der Waals surface area (Å²) in [5.74, 6) is 0.369. The van der Waals surface area contributed by atoms with Crippen LogP contribution in [0.5, 0.6) is 0 Å². The second-order valence-electron chi connectivity index (χ2n) is 4.17. The fourth-order valence-electron chi connectivity index (χ4n) is 2.27. The van der Waals surface area contributed by atoms with Gasteiger partial charge < -0.3 is 5.73 Å². The molecule has 2 heteroatoms.